The maximum Gasteiger partial charge on any atom is 0.412 e. The summed E-state index contributed by atoms with van der Waals surface area (Å²) in [5.74, 6) is 7.08. The molecule has 4 nitrogen and oxygen atoms in total. The van der Waals surface area contributed by atoms with Crippen molar-refractivity contribution in [1.29, 1.82) is 0 Å². The van der Waals surface area contributed by atoms with Gasteiger partial charge in [0.15, 0.2) is 0 Å². The first-order chi connectivity index (χ1) is 14.1. The number of nitrogens with zero attached hydrogens (tertiary/aromatic N) is 1. The Hall–Kier alpha value is -3.10. The molecule has 146 valence electrons. The molecule has 29 heavy (non-hydrogen) atoms. The van der Waals surface area contributed by atoms with Gasteiger partial charge in [-0.05, 0) is 61.5 Å². The summed E-state index contributed by atoms with van der Waals surface area (Å²) < 4.78 is 9.96. The number of carbonyl (C=O) groups excluding carboxylic acids is 1. The second-order valence-corrected chi connectivity index (χ2v) is 7.95. The molecule has 2 aromatic carbocycles. The molecule has 3 aromatic rings. The van der Waals surface area contributed by atoms with Gasteiger partial charge in [-0.3, -0.25) is 5.32 Å². The number of aryl methyl sites for hydroxylation is 1. The normalized spacial score (nSPS) is 13.9. The summed E-state index contributed by atoms with van der Waals surface area (Å²) in [6, 6.07) is 17.7. The minimum absolute atomic E-state index is 0.337. The van der Waals surface area contributed by atoms with Gasteiger partial charge in [0.2, 0.25) is 0 Å². The van der Waals surface area contributed by atoms with Gasteiger partial charge in [0.25, 0.3) is 0 Å². The summed E-state index contributed by atoms with van der Waals surface area (Å²) in [6.07, 6.45) is 1.62. The molecule has 1 aromatic heterocycles. The SMILES string of the molecule is Cc1nsc(-c2ccc(C#CC3CC3)cc2)c1NC(=O)OC(C)c1ccccc1. The van der Waals surface area contributed by atoms with Crippen LogP contribution in [0, 0.1) is 24.7 Å². The summed E-state index contributed by atoms with van der Waals surface area (Å²) in [7, 11) is 0. The molecule has 4 rings (SSSR count). The summed E-state index contributed by atoms with van der Waals surface area (Å²) >= 11 is 1.36. The van der Waals surface area contributed by atoms with Crippen molar-refractivity contribution in [3.8, 4) is 22.3 Å². The lowest BCUT2D eigenvalue weighted by atomic mass is 10.1. The van der Waals surface area contributed by atoms with Crippen molar-refractivity contribution in [3.05, 3.63) is 71.4 Å². The molecule has 1 saturated carbocycles. The number of amides is 1. The third kappa shape index (κ3) is 4.85. The Morgan fingerprint density at radius 1 is 1.17 bits per heavy atom. The Balaban J connectivity index is 1.47. The van der Waals surface area contributed by atoms with E-state index in [1.54, 1.807) is 0 Å². The van der Waals surface area contributed by atoms with E-state index in [0.29, 0.717) is 11.6 Å². The minimum Gasteiger partial charge on any atom is -0.441 e. The number of nitrogens with one attached hydrogen (secondary N) is 1. The van der Waals surface area contributed by atoms with E-state index in [2.05, 4.69) is 21.5 Å². The Morgan fingerprint density at radius 2 is 1.90 bits per heavy atom. The lowest BCUT2D eigenvalue weighted by Gasteiger charge is -2.14. The maximum absolute atomic E-state index is 12.5. The molecule has 1 heterocycles. The molecule has 0 aliphatic heterocycles. The topological polar surface area (TPSA) is 51.2 Å². The molecule has 1 atom stereocenters. The van der Waals surface area contributed by atoms with Crippen molar-refractivity contribution in [2.24, 2.45) is 5.92 Å². The molecule has 1 aliphatic carbocycles. The summed E-state index contributed by atoms with van der Waals surface area (Å²) in [5, 5.41) is 2.88. The largest absolute Gasteiger partial charge is 0.441 e. The standard InChI is InChI=1S/C24H22N2O2S/c1-16-22(25-24(27)28-17(2)20-6-4-3-5-7-20)23(29-26-16)21-14-12-19(13-15-21)11-10-18-8-9-18/h3-7,12-15,17-18H,8-9H2,1-2H3,(H,25,27). The second kappa shape index (κ2) is 8.50. The number of rotatable bonds is 4. The molecule has 0 radical (unpaired) electrons. The molecule has 1 unspecified atom stereocenters. The van der Waals surface area contributed by atoms with Crippen LogP contribution in [0.4, 0.5) is 10.5 Å². The van der Waals surface area contributed by atoms with E-state index in [4.69, 9.17) is 4.74 Å². The minimum atomic E-state index is -0.488. The first-order valence-corrected chi connectivity index (χ1v) is 10.5. The molecule has 1 N–H and O–H groups in total. The van der Waals surface area contributed by atoms with Gasteiger partial charge in [-0.2, -0.15) is 4.37 Å². The highest BCUT2D eigenvalue weighted by Crippen LogP contribution is 2.35. The number of benzene rings is 2. The fourth-order valence-electron chi connectivity index (χ4n) is 2.92. The summed E-state index contributed by atoms with van der Waals surface area (Å²) in [4.78, 5) is 13.4. The highest BCUT2D eigenvalue weighted by atomic mass is 32.1. The van der Waals surface area contributed by atoms with E-state index in [-0.39, 0.29) is 6.10 Å². The highest BCUT2D eigenvalue weighted by Gasteiger charge is 2.19. The quantitative estimate of drug-likeness (QED) is 0.529. The van der Waals surface area contributed by atoms with Crippen LogP contribution in [0.15, 0.2) is 54.6 Å². The highest BCUT2D eigenvalue weighted by molar-refractivity contribution is 7.10. The second-order valence-electron chi connectivity index (χ2n) is 7.18. The van der Waals surface area contributed by atoms with Crippen LogP contribution in [0.2, 0.25) is 0 Å². The van der Waals surface area contributed by atoms with Crippen molar-refractivity contribution in [3.63, 3.8) is 0 Å². The third-order valence-corrected chi connectivity index (χ3v) is 5.78. The van der Waals surface area contributed by atoms with Crippen molar-refractivity contribution in [1.82, 2.24) is 4.37 Å². The average Bonchev–Trinajstić information content (AvgIpc) is 3.51. The Labute approximate surface area is 175 Å². The fourth-order valence-corrected chi connectivity index (χ4v) is 3.77. The maximum atomic E-state index is 12.5. The van der Waals surface area contributed by atoms with Crippen molar-refractivity contribution in [2.45, 2.75) is 32.8 Å². The average molecular weight is 403 g/mol. The Kier molecular flexibility index (Phi) is 5.64. The third-order valence-electron chi connectivity index (χ3n) is 4.79. The van der Waals surface area contributed by atoms with E-state index in [1.165, 1.54) is 24.4 Å². The van der Waals surface area contributed by atoms with Crippen LogP contribution >= 0.6 is 11.5 Å². The molecule has 1 fully saturated rings. The van der Waals surface area contributed by atoms with Gasteiger partial charge in [-0.25, -0.2) is 4.79 Å². The lowest BCUT2D eigenvalue weighted by molar-refractivity contribution is 0.121. The molecular formula is C24H22N2O2S. The predicted octanol–water partition coefficient (Wildman–Crippen LogP) is 6.19. The van der Waals surface area contributed by atoms with Gasteiger partial charge in [0.05, 0.1) is 16.3 Å². The van der Waals surface area contributed by atoms with Crippen LogP contribution in [0.3, 0.4) is 0 Å². The monoisotopic (exact) mass is 402 g/mol. The molecule has 0 spiro atoms. The fraction of sp³-hybridized carbons (Fsp3) is 0.250. The number of hydrogen-bond donors (Lipinski definition) is 1. The number of hydrogen-bond acceptors (Lipinski definition) is 4. The van der Waals surface area contributed by atoms with Gasteiger partial charge in [0, 0.05) is 11.5 Å². The van der Waals surface area contributed by atoms with Crippen molar-refractivity contribution < 1.29 is 9.53 Å². The first-order valence-electron chi connectivity index (χ1n) is 9.71. The summed E-state index contributed by atoms with van der Waals surface area (Å²) in [6.45, 7) is 3.74. The number of carbonyl (C=O) groups is 1. The predicted molar refractivity (Wildman–Crippen MR) is 117 cm³/mol. The Morgan fingerprint density at radius 3 is 2.59 bits per heavy atom. The van der Waals surface area contributed by atoms with E-state index >= 15 is 0 Å². The number of ether oxygens (including phenoxy) is 1. The molecule has 0 saturated heterocycles. The van der Waals surface area contributed by atoms with Crippen molar-refractivity contribution >= 4 is 23.3 Å². The van der Waals surface area contributed by atoms with Gasteiger partial charge < -0.3 is 4.74 Å². The van der Waals surface area contributed by atoms with Crippen LogP contribution < -0.4 is 5.32 Å². The van der Waals surface area contributed by atoms with Crippen LogP contribution in [-0.4, -0.2) is 10.5 Å². The van der Waals surface area contributed by atoms with Crippen LogP contribution in [0.1, 0.15) is 42.7 Å². The van der Waals surface area contributed by atoms with Crippen LogP contribution in [0.25, 0.3) is 10.4 Å². The number of aromatic nitrogens is 1. The molecular weight excluding hydrogens is 380 g/mol. The lowest BCUT2D eigenvalue weighted by Crippen LogP contribution is -2.16. The van der Waals surface area contributed by atoms with Crippen molar-refractivity contribution in [2.75, 3.05) is 5.32 Å². The smallest absolute Gasteiger partial charge is 0.412 e. The van der Waals surface area contributed by atoms with Crippen LogP contribution in [0.5, 0.6) is 0 Å². The van der Waals surface area contributed by atoms with Gasteiger partial charge in [-0.15, -0.1) is 0 Å². The first kappa shape index (κ1) is 19.2. The van der Waals surface area contributed by atoms with Gasteiger partial charge >= 0.3 is 6.09 Å². The molecule has 1 aliphatic rings. The summed E-state index contributed by atoms with van der Waals surface area (Å²) in [5.41, 5.74) is 4.42. The molecule has 1 amide bonds. The Bertz CT molecular complexity index is 1060. The van der Waals surface area contributed by atoms with E-state index < -0.39 is 6.09 Å². The molecule has 5 heteroatoms. The van der Waals surface area contributed by atoms with E-state index in [9.17, 15) is 4.79 Å². The van der Waals surface area contributed by atoms with E-state index in [0.717, 1.165) is 27.3 Å². The van der Waals surface area contributed by atoms with Gasteiger partial charge in [-0.1, -0.05) is 54.3 Å². The zero-order valence-electron chi connectivity index (χ0n) is 16.4. The van der Waals surface area contributed by atoms with Gasteiger partial charge in [0.1, 0.15) is 6.10 Å². The zero-order valence-corrected chi connectivity index (χ0v) is 17.3. The molecule has 0 bridgehead atoms. The van der Waals surface area contributed by atoms with E-state index in [1.807, 2.05) is 68.4 Å². The number of anilines is 1. The van der Waals surface area contributed by atoms with Crippen LogP contribution in [-0.2, 0) is 4.74 Å². The zero-order chi connectivity index (χ0) is 20.2.